The monoisotopic (exact) mass is 261 g/mol. The van der Waals surface area contributed by atoms with E-state index in [1.54, 1.807) is 24.3 Å². The fourth-order valence-electron chi connectivity index (χ4n) is 1.24. The molecule has 88 valence electrons. The minimum atomic E-state index is -3.64. The number of anilines is 1. The van der Waals surface area contributed by atoms with Crippen molar-refractivity contribution in [1.82, 2.24) is 0 Å². The number of benzene rings is 1. The molecule has 16 heavy (non-hydrogen) atoms. The fourth-order valence-corrected chi connectivity index (χ4v) is 2.02. The molecule has 0 radical (unpaired) electrons. The van der Waals surface area contributed by atoms with Crippen molar-refractivity contribution in [2.24, 2.45) is 0 Å². The minimum absolute atomic E-state index is 0.210. The molecule has 0 fully saturated rings. The van der Waals surface area contributed by atoms with Crippen LogP contribution in [0.25, 0.3) is 0 Å². The Morgan fingerprint density at radius 2 is 2.06 bits per heavy atom. The molecule has 6 heteroatoms. The lowest BCUT2D eigenvalue weighted by molar-refractivity contribution is -0.114. The van der Waals surface area contributed by atoms with Gasteiger partial charge in [0.25, 0.3) is 0 Å². The Kier molecular flexibility index (Phi) is 3.93. The molecule has 0 aromatic heterocycles. The van der Waals surface area contributed by atoms with E-state index in [0.717, 1.165) is 0 Å². The highest BCUT2D eigenvalue weighted by atomic mass is 35.7. The zero-order valence-electron chi connectivity index (χ0n) is 8.90. The number of hydrogen-bond acceptors (Lipinski definition) is 3. The number of amides is 1. The van der Waals surface area contributed by atoms with E-state index in [9.17, 15) is 13.2 Å². The molecule has 1 amide bonds. The molecule has 1 aromatic rings. The number of halogens is 1. The first-order valence-corrected chi connectivity index (χ1v) is 6.99. The molecule has 0 spiro atoms. The van der Waals surface area contributed by atoms with Crippen LogP contribution in [0.3, 0.4) is 0 Å². The molecule has 0 heterocycles. The normalized spacial score (nSPS) is 13.2. The Labute approximate surface area is 99.0 Å². The van der Waals surface area contributed by atoms with Gasteiger partial charge in [-0.3, -0.25) is 4.79 Å². The Morgan fingerprint density at radius 3 is 2.56 bits per heavy atom. The van der Waals surface area contributed by atoms with Crippen molar-refractivity contribution in [1.29, 1.82) is 0 Å². The molecule has 0 bridgehead atoms. The molecule has 0 saturated heterocycles. The van der Waals surface area contributed by atoms with Gasteiger partial charge in [-0.15, -0.1) is 0 Å². The summed E-state index contributed by atoms with van der Waals surface area (Å²) in [5, 5.41) is 1.77. The Morgan fingerprint density at radius 1 is 1.44 bits per heavy atom. The Balaban J connectivity index is 3.03. The quantitative estimate of drug-likeness (QED) is 0.849. The van der Waals surface area contributed by atoms with Crippen molar-refractivity contribution in [3.05, 3.63) is 29.8 Å². The van der Waals surface area contributed by atoms with Crippen LogP contribution in [0.15, 0.2) is 24.3 Å². The first kappa shape index (κ1) is 13.0. The van der Waals surface area contributed by atoms with Gasteiger partial charge in [0.2, 0.25) is 15.0 Å². The molecule has 0 aliphatic heterocycles. The van der Waals surface area contributed by atoms with Crippen molar-refractivity contribution < 1.29 is 13.2 Å². The summed E-state index contributed by atoms with van der Waals surface area (Å²) in [4.78, 5) is 10.8. The Hall–Kier alpha value is -1.07. The molecular formula is C10H12ClNO3S. The number of carbonyl (C=O) groups is 1. The summed E-state index contributed by atoms with van der Waals surface area (Å²) in [5.74, 6) is -0.210. The molecule has 1 aromatic carbocycles. The van der Waals surface area contributed by atoms with Crippen LogP contribution < -0.4 is 5.32 Å². The van der Waals surface area contributed by atoms with E-state index in [-0.39, 0.29) is 5.91 Å². The van der Waals surface area contributed by atoms with Gasteiger partial charge < -0.3 is 5.32 Å². The minimum Gasteiger partial charge on any atom is -0.326 e. The first-order chi connectivity index (χ1) is 7.30. The van der Waals surface area contributed by atoms with Gasteiger partial charge in [-0.1, -0.05) is 12.1 Å². The van der Waals surface area contributed by atoms with Crippen LogP contribution in [-0.2, 0) is 13.8 Å². The van der Waals surface area contributed by atoms with Crippen LogP contribution in [0.1, 0.15) is 24.7 Å². The predicted molar refractivity (Wildman–Crippen MR) is 63.9 cm³/mol. The van der Waals surface area contributed by atoms with Crippen LogP contribution >= 0.6 is 10.7 Å². The fraction of sp³-hybridized carbons (Fsp3) is 0.300. The van der Waals surface area contributed by atoms with Crippen LogP contribution in [0.4, 0.5) is 5.69 Å². The Bertz CT molecular complexity index is 499. The highest BCUT2D eigenvalue weighted by molar-refractivity contribution is 8.13. The topological polar surface area (TPSA) is 63.2 Å². The molecule has 0 saturated carbocycles. The lowest BCUT2D eigenvalue weighted by atomic mass is 10.1. The second-order valence-electron chi connectivity index (χ2n) is 3.42. The van der Waals surface area contributed by atoms with E-state index < -0.39 is 14.3 Å². The van der Waals surface area contributed by atoms with E-state index in [4.69, 9.17) is 10.7 Å². The van der Waals surface area contributed by atoms with Gasteiger partial charge in [-0.2, -0.15) is 0 Å². The molecule has 0 aliphatic rings. The molecular weight excluding hydrogens is 250 g/mol. The van der Waals surface area contributed by atoms with Gasteiger partial charge in [-0.25, -0.2) is 8.42 Å². The van der Waals surface area contributed by atoms with E-state index >= 15 is 0 Å². The average molecular weight is 262 g/mol. The van der Waals surface area contributed by atoms with Gasteiger partial charge in [0, 0.05) is 23.3 Å². The third kappa shape index (κ3) is 3.50. The molecule has 1 rings (SSSR count). The zero-order valence-corrected chi connectivity index (χ0v) is 10.5. The van der Waals surface area contributed by atoms with Crippen LogP contribution in [0.2, 0.25) is 0 Å². The van der Waals surface area contributed by atoms with E-state index in [2.05, 4.69) is 5.32 Å². The number of hydrogen-bond donors (Lipinski definition) is 1. The number of nitrogens with one attached hydrogen (secondary N) is 1. The van der Waals surface area contributed by atoms with Crippen molar-refractivity contribution in [2.45, 2.75) is 19.1 Å². The third-order valence-electron chi connectivity index (χ3n) is 2.10. The van der Waals surface area contributed by atoms with Crippen molar-refractivity contribution in [3.63, 3.8) is 0 Å². The SMILES string of the molecule is CC(=O)Nc1cccc(C(C)S(=O)(=O)Cl)c1. The molecule has 1 unspecified atom stereocenters. The van der Waals surface area contributed by atoms with E-state index in [1.807, 2.05) is 0 Å². The van der Waals surface area contributed by atoms with Crippen LogP contribution in [0.5, 0.6) is 0 Å². The average Bonchev–Trinajstić information content (AvgIpc) is 2.14. The second kappa shape index (κ2) is 4.84. The maximum atomic E-state index is 11.1. The van der Waals surface area contributed by atoms with Gasteiger partial charge in [0.1, 0.15) is 0 Å². The highest BCUT2D eigenvalue weighted by Gasteiger charge is 2.19. The van der Waals surface area contributed by atoms with Crippen molar-refractivity contribution in [3.8, 4) is 0 Å². The summed E-state index contributed by atoms with van der Waals surface area (Å²) in [6.45, 7) is 2.88. The largest absolute Gasteiger partial charge is 0.326 e. The van der Waals surface area contributed by atoms with Crippen molar-refractivity contribution >= 4 is 31.3 Å². The second-order valence-corrected chi connectivity index (χ2v) is 6.37. The van der Waals surface area contributed by atoms with Gasteiger partial charge in [0.05, 0.1) is 5.25 Å². The predicted octanol–water partition coefficient (Wildman–Crippen LogP) is 2.27. The molecule has 1 atom stereocenters. The van der Waals surface area contributed by atoms with Crippen molar-refractivity contribution in [2.75, 3.05) is 5.32 Å². The van der Waals surface area contributed by atoms with Gasteiger partial charge >= 0.3 is 0 Å². The number of rotatable bonds is 3. The summed E-state index contributed by atoms with van der Waals surface area (Å²) in [7, 11) is 1.62. The van der Waals surface area contributed by atoms with E-state index in [1.165, 1.54) is 13.8 Å². The highest BCUT2D eigenvalue weighted by Crippen LogP contribution is 2.26. The first-order valence-electron chi connectivity index (χ1n) is 4.61. The van der Waals surface area contributed by atoms with Crippen LogP contribution in [0, 0.1) is 0 Å². The zero-order chi connectivity index (χ0) is 12.3. The van der Waals surface area contributed by atoms with Crippen LogP contribution in [-0.4, -0.2) is 14.3 Å². The summed E-state index contributed by atoms with van der Waals surface area (Å²) in [6.07, 6.45) is 0. The van der Waals surface area contributed by atoms with Gasteiger partial charge in [-0.05, 0) is 24.6 Å². The van der Waals surface area contributed by atoms with E-state index in [0.29, 0.717) is 11.3 Å². The van der Waals surface area contributed by atoms with Gasteiger partial charge in [0.15, 0.2) is 0 Å². The lowest BCUT2D eigenvalue weighted by Crippen LogP contribution is -2.07. The smallest absolute Gasteiger partial charge is 0.239 e. The maximum absolute atomic E-state index is 11.1. The summed E-state index contributed by atoms with van der Waals surface area (Å²) >= 11 is 0. The molecule has 4 nitrogen and oxygen atoms in total. The summed E-state index contributed by atoms with van der Waals surface area (Å²) < 4.78 is 22.3. The standard InChI is InChI=1S/C10H12ClNO3S/c1-7(16(11,14)15)9-4-3-5-10(6-9)12-8(2)13/h3-7H,1-2H3,(H,12,13). The molecule has 0 aliphatic carbocycles. The summed E-state index contributed by atoms with van der Waals surface area (Å²) in [5.41, 5.74) is 1.10. The summed E-state index contributed by atoms with van der Waals surface area (Å²) in [6, 6.07) is 6.58. The third-order valence-corrected chi connectivity index (χ3v) is 4.02. The maximum Gasteiger partial charge on any atom is 0.239 e. The number of carbonyl (C=O) groups excluding carboxylic acids is 1. The lowest BCUT2D eigenvalue weighted by Gasteiger charge is -2.10. The molecule has 1 N–H and O–H groups in total.